The van der Waals surface area contributed by atoms with Crippen LogP contribution in [0.2, 0.25) is 0 Å². The minimum Gasteiger partial charge on any atom is -0.392 e. The number of aliphatic hydroxyl groups excluding tert-OH is 1. The van der Waals surface area contributed by atoms with Gasteiger partial charge in [0.1, 0.15) is 0 Å². The number of hydrogen-bond acceptors (Lipinski definition) is 2. The summed E-state index contributed by atoms with van der Waals surface area (Å²) in [6.07, 6.45) is -4.44. The standard InChI is InChI=1S/C13H16F3NO/c1-9(2)7-17(3)12-5-4-10(8-18)6-11(12)13(14,15)16/h4-6,18H,1,7-8H2,2-3H3. The molecule has 1 aromatic rings. The first-order chi connectivity index (χ1) is 8.25. The number of benzene rings is 1. The molecule has 0 atom stereocenters. The Kier molecular flexibility index (Phi) is 4.40. The van der Waals surface area contributed by atoms with Gasteiger partial charge >= 0.3 is 6.18 Å². The fourth-order valence-electron chi connectivity index (χ4n) is 1.73. The van der Waals surface area contributed by atoms with Gasteiger partial charge in [-0.15, -0.1) is 0 Å². The minimum absolute atomic E-state index is 0.0858. The smallest absolute Gasteiger partial charge is 0.392 e. The van der Waals surface area contributed by atoms with Crippen LogP contribution in [0.25, 0.3) is 0 Å². The summed E-state index contributed by atoms with van der Waals surface area (Å²) in [4.78, 5) is 1.49. The predicted octanol–water partition coefficient (Wildman–Crippen LogP) is 3.21. The van der Waals surface area contributed by atoms with Crippen LogP contribution in [0.15, 0.2) is 30.4 Å². The van der Waals surface area contributed by atoms with Crippen molar-refractivity contribution in [3.8, 4) is 0 Å². The Morgan fingerprint density at radius 3 is 2.44 bits per heavy atom. The Labute approximate surface area is 104 Å². The second-order valence-corrected chi connectivity index (χ2v) is 4.32. The maximum Gasteiger partial charge on any atom is 0.418 e. The molecule has 1 aromatic carbocycles. The van der Waals surface area contributed by atoms with Crippen LogP contribution in [0.5, 0.6) is 0 Å². The van der Waals surface area contributed by atoms with Crippen molar-refractivity contribution < 1.29 is 18.3 Å². The maximum atomic E-state index is 12.9. The second kappa shape index (κ2) is 5.44. The fraction of sp³-hybridized carbons (Fsp3) is 0.385. The summed E-state index contributed by atoms with van der Waals surface area (Å²) in [5.41, 5.74) is 0.368. The largest absolute Gasteiger partial charge is 0.418 e. The van der Waals surface area contributed by atoms with E-state index in [1.807, 2.05) is 0 Å². The van der Waals surface area contributed by atoms with E-state index >= 15 is 0 Å². The van der Waals surface area contributed by atoms with E-state index in [9.17, 15) is 13.2 Å². The van der Waals surface area contributed by atoms with Crippen LogP contribution in [-0.2, 0) is 12.8 Å². The highest BCUT2D eigenvalue weighted by atomic mass is 19.4. The Morgan fingerprint density at radius 1 is 1.39 bits per heavy atom. The van der Waals surface area contributed by atoms with E-state index in [1.165, 1.54) is 17.0 Å². The molecule has 1 N–H and O–H groups in total. The summed E-state index contributed by atoms with van der Waals surface area (Å²) in [7, 11) is 1.58. The molecule has 0 fully saturated rings. The summed E-state index contributed by atoms with van der Waals surface area (Å²) in [5.74, 6) is 0. The molecule has 18 heavy (non-hydrogen) atoms. The molecule has 0 aliphatic rings. The molecule has 100 valence electrons. The van der Waals surface area contributed by atoms with E-state index in [2.05, 4.69) is 6.58 Å². The zero-order chi connectivity index (χ0) is 13.9. The molecule has 0 amide bonds. The normalized spacial score (nSPS) is 11.4. The lowest BCUT2D eigenvalue weighted by atomic mass is 10.1. The van der Waals surface area contributed by atoms with Gasteiger partial charge < -0.3 is 10.0 Å². The highest BCUT2D eigenvalue weighted by Crippen LogP contribution is 2.37. The molecule has 0 saturated carbocycles. The zero-order valence-electron chi connectivity index (χ0n) is 10.4. The monoisotopic (exact) mass is 259 g/mol. The summed E-state index contributed by atoms with van der Waals surface area (Å²) < 4.78 is 38.8. The molecular formula is C13H16F3NO. The molecular weight excluding hydrogens is 243 g/mol. The number of nitrogens with zero attached hydrogens (tertiary/aromatic N) is 1. The highest BCUT2D eigenvalue weighted by Gasteiger charge is 2.34. The minimum atomic E-state index is -4.44. The fourth-order valence-corrected chi connectivity index (χ4v) is 1.73. The first-order valence-electron chi connectivity index (χ1n) is 5.42. The quantitative estimate of drug-likeness (QED) is 0.839. The van der Waals surface area contributed by atoms with Gasteiger partial charge in [0.05, 0.1) is 12.2 Å². The Morgan fingerprint density at radius 2 is 2.00 bits per heavy atom. The lowest BCUT2D eigenvalue weighted by Gasteiger charge is -2.24. The van der Waals surface area contributed by atoms with Gasteiger partial charge in [0.15, 0.2) is 0 Å². The van der Waals surface area contributed by atoms with Crippen molar-refractivity contribution in [2.24, 2.45) is 0 Å². The third-order valence-electron chi connectivity index (χ3n) is 2.47. The summed E-state index contributed by atoms with van der Waals surface area (Å²) in [6.45, 7) is 5.38. The van der Waals surface area contributed by atoms with Crippen molar-refractivity contribution in [1.82, 2.24) is 0 Å². The predicted molar refractivity (Wildman–Crippen MR) is 65.5 cm³/mol. The van der Waals surface area contributed by atoms with Gasteiger partial charge in [0.25, 0.3) is 0 Å². The first kappa shape index (κ1) is 14.6. The van der Waals surface area contributed by atoms with Crippen LogP contribution in [0.3, 0.4) is 0 Å². The molecule has 0 saturated heterocycles. The number of alkyl halides is 3. The molecule has 0 aliphatic heterocycles. The van der Waals surface area contributed by atoms with Gasteiger partial charge in [-0.3, -0.25) is 0 Å². The van der Waals surface area contributed by atoms with Crippen LogP contribution < -0.4 is 4.90 Å². The number of anilines is 1. The van der Waals surface area contributed by atoms with E-state index in [0.29, 0.717) is 6.54 Å². The first-order valence-corrected chi connectivity index (χ1v) is 5.42. The average Bonchev–Trinajstić information content (AvgIpc) is 2.26. The van der Waals surface area contributed by atoms with Gasteiger partial charge in [-0.2, -0.15) is 13.2 Å². The molecule has 0 heterocycles. The Balaban J connectivity index is 3.22. The summed E-state index contributed by atoms with van der Waals surface area (Å²) >= 11 is 0. The Hall–Kier alpha value is -1.49. The number of likely N-dealkylation sites (N-methyl/N-ethyl adjacent to an activating group) is 1. The van der Waals surface area contributed by atoms with Crippen LogP contribution in [0.4, 0.5) is 18.9 Å². The second-order valence-electron chi connectivity index (χ2n) is 4.32. The van der Waals surface area contributed by atoms with Crippen molar-refractivity contribution in [1.29, 1.82) is 0 Å². The lowest BCUT2D eigenvalue weighted by Crippen LogP contribution is -2.23. The van der Waals surface area contributed by atoms with Crippen LogP contribution in [0.1, 0.15) is 18.1 Å². The third-order valence-corrected chi connectivity index (χ3v) is 2.47. The topological polar surface area (TPSA) is 23.5 Å². The molecule has 5 heteroatoms. The molecule has 2 nitrogen and oxygen atoms in total. The third kappa shape index (κ3) is 3.50. The van der Waals surface area contributed by atoms with Gasteiger partial charge in [-0.25, -0.2) is 0 Å². The molecule has 0 unspecified atom stereocenters. The average molecular weight is 259 g/mol. The van der Waals surface area contributed by atoms with E-state index in [-0.39, 0.29) is 11.3 Å². The maximum absolute atomic E-state index is 12.9. The highest BCUT2D eigenvalue weighted by molar-refractivity contribution is 5.56. The SMILES string of the molecule is C=C(C)CN(C)c1ccc(CO)cc1C(F)(F)F. The lowest BCUT2D eigenvalue weighted by molar-refractivity contribution is -0.137. The van der Waals surface area contributed by atoms with E-state index < -0.39 is 18.3 Å². The van der Waals surface area contributed by atoms with Crippen molar-refractivity contribution in [3.05, 3.63) is 41.5 Å². The van der Waals surface area contributed by atoms with Gasteiger partial charge in [-0.1, -0.05) is 18.2 Å². The van der Waals surface area contributed by atoms with Gasteiger partial charge in [0.2, 0.25) is 0 Å². The molecule has 0 spiro atoms. The summed E-state index contributed by atoms with van der Waals surface area (Å²) in [5, 5.41) is 8.91. The number of halogens is 3. The molecule has 0 radical (unpaired) electrons. The molecule has 0 aromatic heterocycles. The molecule has 1 rings (SSSR count). The van der Waals surface area contributed by atoms with Crippen LogP contribution in [-0.4, -0.2) is 18.7 Å². The van der Waals surface area contributed by atoms with Crippen LogP contribution in [0, 0.1) is 0 Å². The van der Waals surface area contributed by atoms with E-state index in [1.54, 1.807) is 14.0 Å². The van der Waals surface area contributed by atoms with Gasteiger partial charge in [-0.05, 0) is 24.6 Å². The number of aliphatic hydroxyl groups is 1. The van der Waals surface area contributed by atoms with E-state index in [0.717, 1.165) is 11.6 Å². The molecule has 0 bridgehead atoms. The van der Waals surface area contributed by atoms with Crippen molar-refractivity contribution >= 4 is 5.69 Å². The number of hydrogen-bond donors (Lipinski definition) is 1. The zero-order valence-corrected chi connectivity index (χ0v) is 10.4. The van der Waals surface area contributed by atoms with Gasteiger partial charge in [0, 0.05) is 19.3 Å². The Bertz CT molecular complexity index is 440. The van der Waals surface area contributed by atoms with Crippen LogP contribution >= 0.6 is 0 Å². The molecule has 0 aliphatic carbocycles. The number of rotatable bonds is 4. The van der Waals surface area contributed by atoms with Crippen molar-refractivity contribution in [2.75, 3.05) is 18.5 Å². The van der Waals surface area contributed by atoms with Crippen molar-refractivity contribution in [2.45, 2.75) is 19.7 Å². The van der Waals surface area contributed by atoms with E-state index in [4.69, 9.17) is 5.11 Å². The van der Waals surface area contributed by atoms with Crippen molar-refractivity contribution in [3.63, 3.8) is 0 Å². The summed E-state index contributed by atoms with van der Waals surface area (Å²) in [6, 6.07) is 3.83.